The maximum Gasteiger partial charge on any atom is 0.165 e. The predicted octanol–water partition coefficient (Wildman–Crippen LogP) is 1.17. The van der Waals surface area contributed by atoms with Gasteiger partial charge in [-0.2, -0.15) is 0 Å². The first kappa shape index (κ1) is 13.2. The Hall–Kier alpha value is -1.86. The van der Waals surface area contributed by atoms with Crippen LogP contribution in [0.3, 0.4) is 0 Å². The number of carbonyl (C=O) groups excluding carboxylic acids is 1. The van der Waals surface area contributed by atoms with Crippen molar-refractivity contribution in [2.24, 2.45) is 0 Å². The average Bonchev–Trinajstić information content (AvgIpc) is 2.29. The number of carbonyl (C=O) groups is 1. The monoisotopic (exact) mass is 235 g/mol. The Labute approximate surface area is 100.0 Å². The second-order valence-corrected chi connectivity index (χ2v) is 3.49. The van der Waals surface area contributed by atoms with Gasteiger partial charge in [-0.05, 0) is 17.7 Å². The lowest BCUT2D eigenvalue weighted by Crippen LogP contribution is -2.24. The zero-order valence-corrected chi connectivity index (χ0v) is 9.63. The molecule has 1 rings (SSSR count). The molecule has 0 saturated heterocycles. The first-order chi connectivity index (χ1) is 8.17. The maximum atomic E-state index is 13.3. The van der Waals surface area contributed by atoms with E-state index >= 15 is 0 Å². The molecule has 0 fully saturated rings. The summed E-state index contributed by atoms with van der Waals surface area (Å²) in [4.78, 5) is 11.5. The van der Waals surface area contributed by atoms with Crippen LogP contribution in [-0.2, 0) is 11.2 Å². The molecule has 0 spiro atoms. The van der Waals surface area contributed by atoms with E-state index in [1.54, 1.807) is 6.07 Å². The molecular weight excluding hydrogens is 221 g/mol. The van der Waals surface area contributed by atoms with Crippen molar-refractivity contribution >= 4 is 5.78 Å². The highest BCUT2D eigenvalue weighted by Gasteiger charge is 2.07. The van der Waals surface area contributed by atoms with Gasteiger partial charge in [0.05, 0.1) is 20.2 Å². The zero-order chi connectivity index (χ0) is 12.7. The van der Waals surface area contributed by atoms with Crippen molar-refractivity contribution in [1.82, 2.24) is 5.32 Å². The third-order valence-electron chi connectivity index (χ3n) is 2.17. The zero-order valence-electron chi connectivity index (χ0n) is 9.63. The van der Waals surface area contributed by atoms with Gasteiger partial charge < -0.3 is 4.74 Å². The summed E-state index contributed by atoms with van der Waals surface area (Å²) in [5.74, 6) is 2.04. The third-order valence-corrected chi connectivity index (χ3v) is 2.17. The molecule has 0 aliphatic carbocycles. The summed E-state index contributed by atoms with van der Waals surface area (Å²) in [6.45, 7) is 0.542. The van der Waals surface area contributed by atoms with Crippen LogP contribution in [0.15, 0.2) is 18.2 Å². The minimum atomic E-state index is -0.464. The second-order valence-electron chi connectivity index (χ2n) is 3.49. The molecule has 1 aromatic rings. The van der Waals surface area contributed by atoms with Gasteiger partial charge in [-0.25, -0.2) is 4.39 Å². The smallest absolute Gasteiger partial charge is 0.165 e. The first-order valence-electron chi connectivity index (χ1n) is 5.15. The number of benzene rings is 1. The van der Waals surface area contributed by atoms with Gasteiger partial charge >= 0.3 is 0 Å². The van der Waals surface area contributed by atoms with Gasteiger partial charge in [-0.15, -0.1) is 6.42 Å². The minimum absolute atomic E-state index is 0.0372. The number of methoxy groups -OCH3 is 1. The summed E-state index contributed by atoms with van der Waals surface area (Å²) in [5.41, 5.74) is 0.621. The number of ether oxygens (including phenoxy) is 1. The SMILES string of the molecule is C#CCNCC(=O)Cc1ccc(OC)c(F)c1. The molecule has 0 aromatic heterocycles. The molecule has 17 heavy (non-hydrogen) atoms. The molecule has 1 aromatic carbocycles. The molecule has 0 amide bonds. The number of hydrogen-bond donors (Lipinski definition) is 1. The minimum Gasteiger partial charge on any atom is -0.494 e. The lowest BCUT2D eigenvalue weighted by Gasteiger charge is -2.05. The summed E-state index contributed by atoms with van der Waals surface area (Å²) < 4.78 is 18.1. The second kappa shape index (κ2) is 6.66. The summed E-state index contributed by atoms with van der Waals surface area (Å²) in [6.07, 6.45) is 5.21. The number of Topliss-reactive ketones (excluding diaryl/α,β-unsaturated/α-hetero) is 1. The highest BCUT2D eigenvalue weighted by atomic mass is 19.1. The summed E-state index contributed by atoms with van der Waals surface area (Å²) >= 11 is 0. The topological polar surface area (TPSA) is 38.3 Å². The molecule has 0 unspecified atom stereocenters. The van der Waals surface area contributed by atoms with Crippen LogP contribution in [0.4, 0.5) is 4.39 Å². The van der Waals surface area contributed by atoms with Gasteiger partial charge in [0.15, 0.2) is 17.3 Å². The van der Waals surface area contributed by atoms with E-state index in [-0.39, 0.29) is 24.5 Å². The molecule has 0 aliphatic rings. The average molecular weight is 235 g/mol. The van der Waals surface area contributed by atoms with Crippen LogP contribution < -0.4 is 10.1 Å². The van der Waals surface area contributed by atoms with Crippen molar-refractivity contribution in [2.75, 3.05) is 20.2 Å². The lowest BCUT2D eigenvalue weighted by atomic mass is 10.1. The van der Waals surface area contributed by atoms with Gasteiger partial charge in [0.2, 0.25) is 0 Å². The highest BCUT2D eigenvalue weighted by Crippen LogP contribution is 2.17. The number of terminal acetylenes is 1. The van der Waals surface area contributed by atoms with E-state index in [1.165, 1.54) is 19.2 Å². The van der Waals surface area contributed by atoms with Crippen LogP contribution in [-0.4, -0.2) is 26.0 Å². The van der Waals surface area contributed by atoms with E-state index in [9.17, 15) is 9.18 Å². The number of rotatable bonds is 6. The van der Waals surface area contributed by atoms with Gasteiger partial charge in [0.25, 0.3) is 0 Å². The Balaban J connectivity index is 2.54. The maximum absolute atomic E-state index is 13.3. The normalized spacial score (nSPS) is 9.71. The first-order valence-corrected chi connectivity index (χ1v) is 5.15. The molecule has 1 N–H and O–H groups in total. The van der Waals surface area contributed by atoms with E-state index in [4.69, 9.17) is 11.2 Å². The van der Waals surface area contributed by atoms with Crippen molar-refractivity contribution in [2.45, 2.75) is 6.42 Å². The van der Waals surface area contributed by atoms with Crippen LogP contribution in [0.5, 0.6) is 5.75 Å². The molecule has 4 heteroatoms. The van der Waals surface area contributed by atoms with Gasteiger partial charge in [-0.1, -0.05) is 12.0 Å². The fourth-order valence-corrected chi connectivity index (χ4v) is 1.38. The van der Waals surface area contributed by atoms with E-state index < -0.39 is 5.82 Å². The van der Waals surface area contributed by atoms with E-state index in [0.717, 1.165) is 0 Å². The van der Waals surface area contributed by atoms with Gasteiger partial charge in [-0.3, -0.25) is 10.1 Å². The fraction of sp³-hybridized carbons (Fsp3) is 0.308. The number of nitrogens with one attached hydrogen (secondary N) is 1. The van der Waals surface area contributed by atoms with Crippen LogP contribution in [0, 0.1) is 18.2 Å². The molecule has 0 heterocycles. The Morgan fingerprint density at radius 3 is 2.94 bits per heavy atom. The lowest BCUT2D eigenvalue weighted by molar-refractivity contribution is -0.117. The largest absolute Gasteiger partial charge is 0.494 e. The van der Waals surface area contributed by atoms with Crippen LogP contribution in [0.25, 0.3) is 0 Å². The number of ketones is 1. The molecule has 0 atom stereocenters. The molecule has 0 aliphatic heterocycles. The molecular formula is C13H14FNO2. The van der Waals surface area contributed by atoms with E-state index in [2.05, 4.69) is 11.2 Å². The molecule has 0 saturated carbocycles. The van der Waals surface area contributed by atoms with Crippen molar-refractivity contribution in [3.63, 3.8) is 0 Å². The molecule has 0 radical (unpaired) electrons. The molecule has 3 nitrogen and oxygen atoms in total. The number of hydrogen-bond acceptors (Lipinski definition) is 3. The van der Waals surface area contributed by atoms with Crippen molar-refractivity contribution in [3.05, 3.63) is 29.6 Å². The van der Waals surface area contributed by atoms with Gasteiger partial charge in [0, 0.05) is 6.42 Å². The number of halogens is 1. The quantitative estimate of drug-likeness (QED) is 0.594. The third kappa shape index (κ3) is 4.25. The van der Waals surface area contributed by atoms with Crippen molar-refractivity contribution in [1.29, 1.82) is 0 Å². The van der Waals surface area contributed by atoms with Crippen LogP contribution in [0.2, 0.25) is 0 Å². The van der Waals surface area contributed by atoms with Crippen molar-refractivity contribution in [3.8, 4) is 18.1 Å². The van der Waals surface area contributed by atoms with E-state index in [0.29, 0.717) is 12.1 Å². The summed E-state index contributed by atoms with van der Waals surface area (Å²) in [6, 6.07) is 4.48. The Morgan fingerprint density at radius 2 is 2.35 bits per heavy atom. The Morgan fingerprint density at radius 1 is 1.59 bits per heavy atom. The predicted molar refractivity (Wildman–Crippen MR) is 63.4 cm³/mol. The standard InChI is InChI=1S/C13H14FNO2/c1-3-6-15-9-11(16)7-10-4-5-13(17-2)12(14)8-10/h1,4-5,8,15H,6-7,9H2,2H3. The highest BCUT2D eigenvalue weighted by molar-refractivity contribution is 5.82. The van der Waals surface area contributed by atoms with Crippen molar-refractivity contribution < 1.29 is 13.9 Å². The van der Waals surface area contributed by atoms with E-state index in [1.807, 2.05) is 0 Å². The fourth-order valence-electron chi connectivity index (χ4n) is 1.38. The summed E-state index contributed by atoms with van der Waals surface area (Å²) in [5, 5.41) is 2.79. The van der Waals surface area contributed by atoms with Crippen LogP contribution in [0.1, 0.15) is 5.56 Å². The Bertz CT molecular complexity index is 438. The molecule has 90 valence electrons. The van der Waals surface area contributed by atoms with Gasteiger partial charge in [0.1, 0.15) is 0 Å². The summed E-state index contributed by atoms with van der Waals surface area (Å²) in [7, 11) is 1.40. The Kier molecular flexibility index (Phi) is 5.18. The molecule has 0 bridgehead atoms. The van der Waals surface area contributed by atoms with Crippen LogP contribution >= 0.6 is 0 Å².